The number of likely N-dealkylation sites (tertiary alicyclic amines) is 1. The molecule has 1 N–H and O–H groups in total. The van der Waals surface area contributed by atoms with Crippen LogP contribution in [0.2, 0.25) is 0 Å². The van der Waals surface area contributed by atoms with Crippen LogP contribution in [-0.2, 0) is 6.54 Å². The minimum Gasteiger partial charge on any atom is -0.497 e. The Morgan fingerprint density at radius 1 is 1.25 bits per heavy atom. The molecule has 0 unspecified atom stereocenters. The number of aromatic nitrogens is 3. The van der Waals surface area contributed by atoms with E-state index in [-0.39, 0.29) is 0 Å². The van der Waals surface area contributed by atoms with Gasteiger partial charge in [-0.2, -0.15) is 5.10 Å². The van der Waals surface area contributed by atoms with Crippen LogP contribution >= 0.6 is 0 Å². The van der Waals surface area contributed by atoms with E-state index in [9.17, 15) is 0 Å². The van der Waals surface area contributed by atoms with Gasteiger partial charge in [0.15, 0.2) is 0 Å². The van der Waals surface area contributed by atoms with Gasteiger partial charge in [0.05, 0.1) is 30.1 Å². The first-order valence-corrected chi connectivity index (χ1v) is 8.51. The van der Waals surface area contributed by atoms with Gasteiger partial charge in [-0.1, -0.05) is 12.5 Å². The second kappa shape index (κ2) is 6.61. The van der Waals surface area contributed by atoms with Crippen LogP contribution in [0.5, 0.6) is 5.75 Å². The Kier molecular flexibility index (Phi) is 4.17. The summed E-state index contributed by atoms with van der Waals surface area (Å²) < 4.78 is 5.28. The van der Waals surface area contributed by atoms with E-state index in [1.807, 2.05) is 24.4 Å². The van der Waals surface area contributed by atoms with E-state index >= 15 is 0 Å². The van der Waals surface area contributed by atoms with Gasteiger partial charge in [-0.05, 0) is 43.7 Å². The zero-order valence-corrected chi connectivity index (χ0v) is 13.9. The zero-order valence-electron chi connectivity index (χ0n) is 13.9. The molecule has 5 heteroatoms. The molecule has 2 aromatic heterocycles. The van der Waals surface area contributed by atoms with Gasteiger partial charge >= 0.3 is 0 Å². The fourth-order valence-corrected chi connectivity index (χ4v) is 3.59. The second-order valence-corrected chi connectivity index (χ2v) is 6.32. The van der Waals surface area contributed by atoms with Gasteiger partial charge in [0.1, 0.15) is 5.75 Å². The summed E-state index contributed by atoms with van der Waals surface area (Å²) in [6, 6.07) is 12.6. The standard InChI is InChI=1S/C19H22N4O/c1-24-14-8-9-15-17(12-14)21-22-18(15)13-23-11-5-3-7-19(23)16-6-2-4-10-20-16/h2,4,6,8-10,12,19H,3,5,7,11,13H2,1H3,(H,21,22)/t19-/m1/s1. The predicted molar refractivity (Wildman–Crippen MR) is 93.9 cm³/mol. The summed E-state index contributed by atoms with van der Waals surface area (Å²) in [5.74, 6) is 0.838. The van der Waals surface area contributed by atoms with Gasteiger partial charge in [0.2, 0.25) is 0 Å². The van der Waals surface area contributed by atoms with Crippen molar-refractivity contribution in [3.63, 3.8) is 0 Å². The quantitative estimate of drug-likeness (QED) is 0.796. The fourth-order valence-electron chi connectivity index (χ4n) is 3.59. The smallest absolute Gasteiger partial charge is 0.121 e. The lowest BCUT2D eigenvalue weighted by Gasteiger charge is -2.35. The fraction of sp³-hybridized carbons (Fsp3) is 0.368. The number of methoxy groups -OCH3 is 1. The summed E-state index contributed by atoms with van der Waals surface area (Å²) in [4.78, 5) is 7.10. The van der Waals surface area contributed by atoms with Crippen molar-refractivity contribution in [3.8, 4) is 5.75 Å². The van der Waals surface area contributed by atoms with Gasteiger partial charge in [-0.15, -0.1) is 0 Å². The van der Waals surface area contributed by atoms with Crippen molar-refractivity contribution in [2.24, 2.45) is 0 Å². The van der Waals surface area contributed by atoms with Crippen LogP contribution < -0.4 is 4.74 Å². The van der Waals surface area contributed by atoms with Gasteiger partial charge < -0.3 is 4.74 Å². The average molecular weight is 322 g/mol. The second-order valence-electron chi connectivity index (χ2n) is 6.32. The van der Waals surface area contributed by atoms with Crippen LogP contribution in [-0.4, -0.2) is 33.7 Å². The molecular weight excluding hydrogens is 300 g/mol. The Labute approximate surface area is 141 Å². The maximum absolute atomic E-state index is 5.28. The molecule has 3 aromatic rings. The highest BCUT2D eigenvalue weighted by Gasteiger charge is 2.25. The predicted octanol–water partition coefficient (Wildman–Crippen LogP) is 3.69. The summed E-state index contributed by atoms with van der Waals surface area (Å²) in [5.41, 5.74) is 3.29. The third kappa shape index (κ3) is 2.87. The van der Waals surface area contributed by atoms with E-state index < -0.39 is 0 Å². The third-order valence-electron chi connectivity index (χ3n) is 4.85. The molecule has 0 aliphatic carbocycles. The Balaban J connectivity index is 1.61. The number of nitrogens with one attached hydrogen (secondary N) is 1. The molecule has 24 heavy (non-hydrogen) atoms. The molecular formula is C19H22N4O. The molecule has 1 fully saturated rings. The van der Waals surface area contributed by atoms with Crippen LogP contribution in [0, 0.1) is 0 Å². The number of aromatic amines is 1. The van der Waals surface area contributed by atoms with Gasteiger partial charge in [-0.3, -0.25) is 15.0 Å². The highest BCUT2D eigenvalue weighted by Crippen LogP contribution is 2.32. The monoisotopic (exact) mass is 322 g/mol. The maximum Gasteiger partial charge on any atom is 0.121 e. The minimum absolute atomic E-state index is 0.386. The number of benzene rings is 1. The van der Waals surface area contributed by atoms with E-state index in [2.05, 4.69) is 38.3 Å². The summed E-state index contributed by atoms with van der Waals surface area (Å²) in [6.45, 7) is 1.96. The van der Waals surface area contributed by atoms with Gasteiger partial charge in [-0.25, -0.2) is 0 Å². The minimum atomic E-state index is 0.386. The lowest BCUT2D eigenvalue weighted by atomic mass is 9.98. The van der Waals surface area contributed by atoms with Gasteiger partial charge in [0, 0.05) is 24.2 Å². The van der Waals surface area contributed by atoms with E-state index in [0.717, 1.165) is 36.5 Å². The summed E-state index contributed by atoms with van der Waals surface area (Å²) in [7, 11) is 1.68. The van der Waals surface area contributed by atoms with Crippen LogP contribution in [0.4, 0.5) is 0 Å². The molecule has 5 nitrogen and oxygen atoms in total. The zero-order chi connectivity index (χ0) is 16.4. The third-order valence-corrected chi connectivity index (χ3v) is 4.85. The number of fused-ring (bicyclic) bond motifs is 1. The van der Waals surface area contributed by atoms with Gasteiger partial charge in [0.25, 0.3) is 0 Å². The first-order valence-electron chi connectivity index (χ1n) is 8.51. The molecule has 0 spiro atoms. The highest BCUT2D eigenvalue weighted by atomic mass is 16.5. The van der Waals surface area contributed by atoms with E-state index in [1.165, 1.54) is 23.9 Å². The molecule has 1 aliphatic rings. The summed E-state index contributed by atoms with van der Waals surface area (Å²) >= 11 is 0. The molecule has 1 atom stereocenters. The first kappa shape index (κ1) is 15.1. The molecule has 0 bridgehead atoms. The van der Waals surface area contributed by atoms with Crippen molar-refractivity contribution in [3.05, 3.63) is 54.0 Å². The SMILES string of the molecule is COc1ccc2c(CN3CCCC[C@@H]3c3ccccn3)[nH]nc2c1. The largest absolute Gasteiger partial charge is 0.497 e. The van der Waals surface area contributed by atoms with E-state index in [4.69, 9.17) is 4.74 Å². The normalized spacial score (nSPS) is 18.8. The maximum atomic E-state index is 5.28. The molecule has 0 amide bonds. The molecule has 3 heterocycles. The average Bonchev–Trinajstić information content (AvgIpc) is 3.05. The number of rotatable bonds is 4. The molecule has 1 aromatic carbocycles. The Morgan fingerprint density at radius 3 is 3.04 bits per heavy atom. The Morgan fingerprint density at radius 2 is 2.21 bits per heavy atom. The molecule has 1 saturated heterocycles. The van der Waals surface area contributed by atoms with Crippen LogP contribution in [0.1, 0.15) is 36.7 Å². The number of nitrogens with zero attached hydrogens (tertiary/aromatic N) is 3. The number of piperidine rings is 1. The molecule has 4 rings (SSSR count). The first-order chi connectivity index (χ1) is 11.8. The van der Waals surface area contributed by atoms with Crippen LogP contribution in [0.15, 0.2) is 42.6 Å². The van der Waals surface area contributed by atoms with Crippen LogP contribution in [0.25, 0.3) is 10.9 Å². The molecule has 1 aliphatic heterocycles. The lowest BCUT2D eigenvalue weighted by Crippen LogP contribution is -2.33. The Bertz CT molecular complexity index is 815. The lowest BCUT2D eigenvalue weighted by molar-refractivity contribution is 0.136. The number of H-pyrrole nitrogens is 1. The molecule has 0 radical (unpaired) electrons. The number of hydrogen-bond donors (Lipinski definition) is 1. The van der Waals surface area contributed by atoms with Crippen molar-refractivity contribution in [2.75, 3.05) is 13.7 Å². The summed E-state index contributed by atoms with van der Waals surface area (Å²) in [5, 5.41) is 8.83. The highest BCUT2D eigenvalue weighted by molar-refractivity contribution is 5.82. The summed E-state index contributed by atoms with van der Waals surface area (Å²) in [6.07, 6.45) is 5.55. The van der Waals surface area contributed by atoms with Crippen molar-refractivity contribution in [2.45, 2.75) is 31.8 Å². The molecule has 124 valence electrons. The van der Waals surface area contributed by atoms with E-state index in [0.29, 0.717) is 6.04 Å². The number of pyridine rings is 1. The van der Waals surface area contributed by atoms with Crippen molar-refractivity contribution in [1.29, 1.82) is 0 Å². The molecule has 0 saturated carbocycles. The van der Waals surface area contributed by atoms with E-state index in [1.54, 1.807) is 7.11 Å². The van der Waals surface area contributed by atoms with Crippen LogP contribution in [0.3, 0.4) is 0 Å². The van der Waals surface area contributed by atoms with Crippen molar-refractivity contribution < 1.29 is 4.74 Å². The number of hydrogen-bond acceptors (Lipinski definition) is 4. The number of ether oxygens (including phenoxy) is 1. The van der Waals surface area contributed by atoms with Crippen molar-refractivity contribution >= 4 is 10.9 Å². The topological polar surface area (TPSA) is 54.0 Å². The van der Waals surface area contributed by atoms with Crippen molar-refractivity contribution in [1.82, 2.24) is 20.1 Å². The Hall–Kier alpha value is -2.40.